The fraction of sp³-hybridized carbons (Fsp3) is 0.389. The molecule has 1 saturated heterocycles. The van der Waals surface area contributed by atoms with E-state index in [-0.39, 0.29) is 0 Å². The van der Waals surface area contributed by atoms with E-state index >= 15 is 0 Å². The van der Waals surface area contributed by atoms with Gasteiger partial charge in [-0.15, -0.1) is 0 Å². The van der Waals surface area contributed by atoms with E-state index < -0.39 is 15.6 Å². The van der Waals surface area contributed by atoms with Crippen molar-refractivity contribution in [2.75, 3.05) is 12.8 Å². The summed E-state index contributed by atoms with van der Waals surface area (Å²) in [5, 5.41) is 0. The average Bonchev–Trinajstić information content (AvgIpc) is 3.01. The van der Waals surface area contributed by atoms with Crippen molar-refractivity contribution < 1.29 is 8.42 Å². The Labute approximate surface area is 138 Å². The van der Waals surface area contributed by atoms with Crippen LogP contribution in [0.25, 0.3) is 6.08 Å². The molecule has 3 rings (SSSR count). The van der Waals surface area contributed by atoms with Crippen LogP contribution >= 0.6 is 0 Å². The van der Waals surface area contributed by atoms with Crippen molar-refractivity contribution in [3.63, 3.8) is 0 Å². The molecule has 2 heterocycles. The van der Waals surface area contributed by atoms with Gasteiger partial charge in [-0.2, -0.15) is 0 Å². The van der Waals surface area contributed by atoms with Crippen molar-refractivity contribution >= 4 is 21.8 Å². The maximum absolute atomic E-state index is 12.3. The monoisotopic (exact) mass is 330 g/mol. The zero-order chi connectivity index (χ0) is 16.7. The smallest absolute Gasteiger partial charge is 0.232 e. The molecular formula is C18H22N2O2S. The topological polar surface area (TPSA) is 49.7 Å². The average molecular weight is 330 g/mol. The summed E-state index contributed by atoms with van der Waals surface area (Å²) in [6.45, 7) is 4.56. The Morgan fingerprint density at radius 2 is 2.00 bits per heavy atom. The van der Waals surface area contributed by atoms with Crippen LogP contribution in [0.3, 0.4) is 0 Å². The molecule has 1 aromatic carbocycles. The number of benzene rings is 1. The van der Waals surface area contributed by atoms with Crippen molar-refractivity contribution in [3.8, 4) is 0 Å². The molecule has 1 atom stereocenters. The highest BCUT2D eigenvalue weighted by Crippen LogP contribution is 2.47. The minimum atomic E-state index is -3.32. The van der Waals surface area contributed by atoms with Crippen LogP contribution in [-0.4, -0.2) is 36.8 Å². The molecule has 0 aliphatic carbocycles. The Morgan fingerprint density at radius 1 is 1.30 bits per heavy atom. The first-order valence-electron chi connectivity index (χ1n) is 7.89. The Kier molecular flexibility index (Phi) is 3.92. The molecule has 2 aliphatic rings. The number of hydrogen-bond donors (Lipinski definition) is 0. The van der Waals surface area contributed by atoms with Crippen LogP contribution < -0.4 is 0 Å². The van der Waals surface area contributed by atoms with Crippen LogP contribution in [0.2, 0.25) is 0 Å². The van der Waals surface area contributed by atoms with Gasteiger partial charge in [0.1, 0.15) is 5.54 Å². The summed E-state index contributed by atoms with van der Waals surface area (Å²) in [7, 11) is -3.32. The van der Waals surface area contributed by atoms with E-state index in [1.165, 1.54) is 16.1 Å². The lowest BCUT2D eigenvalue weighted by molar-refractivity contribution is 0.515. The lowest BCUT2D eigenvalue weighted by atomic mass is 9.85. The van der Waals surface area contributed by atoms with E-state index in [9.17, 15) is 8.42 Å². The van der Waals surface area contributed by atoms with Crippen LogP contribution in [0.15, 0.2) is 52.7 Å². The molecule has 1 fully saturated rings. The Hall–Kier alpha value is -1.88. The highest BCUT2D eigenvalue weighted by Gasteiger charge is 2.49. The van der Waals surface area contributed by atoms with Gasteiger partial charge in [0.05, 0.1) is 12.0 Å². The van der Waals surface area contributed by atoms with Crippen LogP contribution in [-0.2, 0) is 10.0 Å². The van der Waals surface area contributed by atoms with Gasteiger partial charge in [-0.1, -0.05) is 37.3 Å². The van der Waals surface area contributed by atoms with Crippen LogP contribution in [0, 0.1) is 0 Å². The van der Waals surface area contributed by atoms with Gasteiger partial charge in [-0.05, 0) is 36.6 Å². The fourth-order valence-corrected chi connectivity index (χ4v) is 4.55. The van der Waals surface area contributed by atoms with E-state index in [1.807, 2.05) is 43.3 Å². The van der Waals surface area contributed by atoms with Gasteiger partial charge in [0.25, 0.3) is 0 Å². The van der Waals surface area contributed by atoms with Crippen LogP contribution in [0.4, 0.5) is 0 Å². The summed E-state index contributed by atoms with van der Waals surface area (Å²) in [5.41, 5.74) is 3.42. The Bertz CT molecular complexity index is 807. The number of sulfonamides is 1. The largest absolute Gasteiger partial charge is 0.273 e. The molecule has 1 aromatic rings. The lowest BCUT2D eigenvalue weighted by Crippen LogP contribution is -2.32. The molecule has 0 bridgehead atoms. The van der Waals surface area contributed by atoms with Crippen molar-refractivity contribution in [1.29, 1.82) is 0 Å². The number of allylic oxidation sites excluding steroid dienone is 1. The number of nitrogens with zero attached hydrogens (tertiary/aromatic N) is 2. The second-order valence-electron chi connectivity index (χ2n) is 6.16. The summed E-state index contributed by atoms with van der Waals surface area (Å²) in [5.74, 6) is 0. The quantitative estimate of drug-likeness (QED) is 0.854. The molecule has 0 amide bonds. The summed E-state index contributed by atoms with van der Waals surface area (Å²) in [4.78, 5) is 4.86. The van der Waals surface area contributed by atoms with Gasteiger partial charge in [0.2, 0.25) is 10.0 Å². The van der Waals surface area contributed by atoms with Crippen molar-refractivity contribution in [1.82, 2.24) is 4.31 Å². The van der Waals surface area contributed by atoms with Crippen LogP contribution in [0.1, 0.15) is 32.3 Å². The fourth-order valence-electron chi connectivity index (χ4n) is 3.57. The van der Waals surface area contributed by atoms with Crippen molar-refractivity contribution in [3.05, 3.63) is 53.2 Å². The molecule has 4 nitrogen and oxygen atoms in total. The molecule has 122 valence electrons. The van der Waals surface area contributed by atoms with Gasteiger partial charge in [0, 0.05) is 18.7 Å². The number of aliphatic imine (C=N–C) groups is 1. The number of rotatable bonds is 3. The normalized spacial score (nSPS) is 26.0. The second kappa shape index (κ2) is 5.64. The molecule has 0 radical (unpaired) electrons. The molecule has 0 saturated carbocycles. The minimum absolute atomic E-state index is 0.478. The zero-order valence-electron chi connectivity index (χ0n) is 13.8. The highest BCUT2D eigenvalue weighted by atomic mass is 32.2. The third-order valence-electron chi connectivity index (χ3n) is 4.53. The molecule has 0 aromatic heterocycles. The van der Waals surface area contributed by atoms with Crippen molar-refractivity contribution in [2.24, 2.45) is 4.99 Å². The first kappa shape index (κ1) is 16.0. The van der Waals surface area contributed by atoms with Gasteiger partial charge in [-0.3, -0.25) is 9.30 Å². The van der Waals surface area contributed by atoms with Gasteiger partial charge in [0.15, 0.2) is 0 Å². The predicted molar refractivity (Wildman–Crippen MR) is 94.8 cm³/mol. The minimum Gasteiger partial charge on any atom is -0.273 e. The van der Waals surface area contributed by atoms with E-state index in [0.717, 1.165) is 23.4 Å². The predicted octanol–water partition coefficient (Wildman–Crippen LogP) is 3.24. The van der Waals surface area contributed by atoms with Gasteiger partial charge in [-0.25, -0.2) is 8.42 Å². The van der Waals surface area contributed by atoms with E-state index in [0.29, 0.717) is 13.0 Å². The van der Waals surface area contributed by atoms with E-state index in [2.05, 4.69) is 13.0 Å². The summed E-state index contributed by atoms with van der Waals surface area (Å²) < 4.78 is 26.1. The Balaban J connectivity index is 2.18. The molecule has 2 aliphatic heterocycles. The first-order chi connectivity index (χ1) is 10.9. The summed E-state index contributed by atoms with van der Waals surface area (Å²) >= 11 is 0. The summed E-state index contributed by atoms with van der Waals surface area (Å²) in [6.07, 6.45) is 6.91. The molecule has 0 N–H and O–H groups in total. The number of hydrogen-bond acceptors (Lipinski definition) is 3. The lowest BCUT2D eigenvalue weighted by Gasteiger charge is -2.28. The molecule has 23 heavy (non-hydrogen) atoms. The zero-order valence-corrected chi connectivity index (χ0v) is 14.6. The summed E-state index contributed by atoms with van der Waals surface area (Å²) in [6, 6.07) is 9.84. The van der Waals surface area contributed by atoms with Gasteiger partial charge >= 0.3 is 0 Å². The molecule has 0 unspecified atom stereocenters. The third-order valence-corrected chi connectivity index (χ3v) is 5.71. The standard InChI is InChI=1S/C18H22N2O2S/c1-4-16-12-14(2)19-18(16)10-11-20(23(3,21)22)17(18)13-15-8-6-5-7-9-15/h5-9,12-13H,4,10-11H2,1-3H3/b17-13+/t18-/m1/s1. The van der Waals surface area contributed by atoms with E-state index in [4.69, 9.17) is 4.99 Å². The second-order valence-corrected chi connectivity index (χ2v) is 8.07. The Morgan fingerprint density at radius 3 is 2.61 bits per heavy atom. The maximum atomic E-state index is 12.3. The third kappa shape index (κ3) is 2.74. The molecular weight excluding hydrogens is 308 g/mol. The highest BCUT2D eigenvalue weighted by molar-refractivity contribution is 7.88. The molecule has 1 spiro atoms. The first-order valence-corrected chi connectivity index (χ1v) is 9.74. The van der Waals surface area contributed by atoms with Gasteiger partial charge < -0.3 is 0 Å². The SMILES string of the molecule is CCC1=CC(C)=N[C@]12CCN(S(C)(=O)=O)/C2=C/c1ccccc1. The maximum Gasteiger partial charge on any atom is 0.232 e. The van der Waals surface area contributed by atoms with Crippen LogP contribution in [0.5, 0.6) is 0 Å². The van der Waals surface area contributed by atoms with E-state index in [1.54, 1.807) is 0 Å². The van der Waals surface area contributed by atoms with Crippen molar-refractivity contribution in [2.45, 2.75) is 32.2 Å². The molecule has 5 heteroatoms.